The Morgan fingerprint density at radius 1 is 1.33 bits per heavy atom. The molecule has 1 N–H and O–H groups in total. The summed E-state index contributed by atoms with van der Waals surface area (Å²) in [5, 5.41) is 3.33. The number of halogens is 1. The number of hydrogen-bond donors (Lipinski definition) is 1. The van der Waals surface area contributed by atoms with Gasteiger partial charge in [-0.3, -0.25) is 4.99 Å². The summed E-state index contributed by atoms with van der Waals surface area (Å²) in [6.45, 7) is 10.3. The van der Waals surface area contributed by atoms with Crippen LogP contribution in [-0.4, -0.2) is 32.0 Å². The second-order valence-corrected chi connectivity index (χ2v) is 4.49. The van der Waals surface area contributed by atoms with Gasteiger partial charge in [-0.2, -0.15) is 0 Å². The van der Waals surface area contributed by atoms with Gasteiger partial charge in [-0.1, -0.05) is 12.1 Å². The number of benzene rings is 1. The van der Waals surface area contributed by atoms with Crippen LogP contribution >= 0.6 is 12.4 Å². The number of rotatable bonds is 4. The van der Waals surface area contributed by atoms with Gasteiger partial charge in [0.15, 0.2) is 0 Å². The predicted molar refractivity (Wildman–Crippen MR) is 81.4 cm³/mol. The maximum Gasteiger partial charge on any atom is 0.116 e. The first-order valence-electron chi connectivity index (χ1n) is 6.30. The van der Waals surface area contributed by atoms with Crippen molar-refractivity contribution in [2.45, 2.75) is 20.8 Å². The van der Waals surface area contributed by atoms with Crippen molar-refractivity contribution in [1.82, 2.24) is 5.32 Å². The van der Waals surface area contributed by atoms with Gasteiger partial charge < -0.3 is 10.2 Å². The third-order valence-electron chi connectivity index (χ3n) is 3.38. The minimum Gasteiger partial charge on any atom is -0.370 e. The molecular weight excluding hydrogens is 246 g/mol. The van der Waals surface area contributed by atoms with Crippen molar-refractivity contribution < 1.29 is 0 Å². The van der Waals surface area contributed by atoms with Crippen LogP contribution in [0.4, 0.5) is 5.69 Å². The van der Waals surface area contributed by atoms with Crippen molar-refractivity contribution in [3.8, 4) is 0 Å². The lowest BCUT2D eigenvalue weighted by Gasteiger charge is -2.25. The van der Waals surface area contributed by atoms with E-state index in [2.05, 4.69) is 54.2 Å². The van der Waals surface area contributed by atoms with E-state index in [-0.39, 0.29) is 12.4 Å². The fourth-order valence-corrected chi connectivity index (χ4v) is 2.18. The van der Waals surface area contributed by atoms with Crippen LogP contribution in [0.1, 0.15) is 18.1 Å². The predicted octanol–water partition coefficient (Wildman–Crippen LogP) is 2.55. The van der Waals surface area contributed by atoms with Crippen LogP contribution < -0.4 is 10.2 Å². The van der Waals surface area contributed by atoms with Gasteiger partial charge in [0.1, 0.15) is 5.84 Å². The van der Waals surface area contributed by atoms with E-state index in [0.29, 0.717) is 0 Å². The van der Waals surface area contributed by atoms with Crippen molar-refractivity contribution in [3.05, 3.63) is 29.3 Å². The molecule has 18 heavy (non-hydrogen) atoms. The van der Waals surface area contributed by atoms with Crippen molar-refractivity contribution in [1.29, 1.82) is 0 Å². The maximum absolute atomic E-state index is 4.46. The van der Waals surface area contributed by atoms with Crippen LogP contribution in [0.25, 0.3) is 0 Å². The van der Waals surface area contributed by atoms with E-state index in [4.69, 9.17) is 0 Å². The Balaban J connectivity index is 0.00000162. The first-order chi connectivity index (χ1) is 8.22. The second-order valence-electron chi connectivity index (χ2n) is 4.49. The van der Waals surface area contributed by atoms with Crippen LogP contribution in [0.2, 0.25) is 0 Å². The van der Waals surface area contributed by atoms with Crippen LogP contribution in [-0.2, 0) is 0 Å². The molecule has 0 radical (unpaired) electrons. The molecule has 0 spiro atoms. The van der Waals surface area contributed by atoms with E-state index < -0.39 is 0 Å². The van der Waals surface area contributed by atoms with E-state index in [1.54, 1.807) is 0 Å². The fraction of sp³-hybridized carbons (Fsp3) is 0.500. The number of likely N-dealkylation sites (N-methyl/N-ethyl adjacent to an activating group) is 1. The van der Waals surface area contributed by atoms with Gasteiger partial charge in [-0.25, -0.2) is 0 Å². The number of aliphatic imine (C=N–C) groups is 1. The van der Waals surface area contributed by atoms with Crippen molar-refractivity contribution in [3.63, 3.8) is 0 Å². The average molecular weight is 268 g/mol. The molecule has 3 nitrogen and oxygen atoms in total. The summed E-state index contributed by atoms with van der Waals surface area (Å²) in [6, 6.07) is 6.49. The fourth-order valence-electron chi connectivity index (χ4n) is 2.18. The number of hydrogen-bond acceptors (Lipinski definition) is 3. The molecule has 1 aromatic carbocycles. The molecule has 1 aliphatic heterocycles. The highest BCUT2D eigenvalue weighted by atomic mass is 35.5. The highest BCUT2D eigenvalue weighted by molar-refractivity contribution is 5.88. The van der Waals surface area contributed by atoms with Crippen LogP contribution in [0.3, 0.4) is 0 Å². The van der Waals surface area contributed by atoms with Crippen molar-refractivity contribution in [2.24, 2.45) is 4.99 Å². The van der Waals surface area contributed by atoms with Gasteiger partial charge in [0.25, 0.3) is 0 Å². The van der Waals surface area contributed by atoms with E-state index in [0.717, 1.165) is 32.0 Å². The molecule has 0 saturated heterocycles. The SMILES string of the molecule is CCN(CC1=NCCN1)c1cccc(C)c1C.Cl. The van der Waals surface area contributed by atoms with Gasteiger partial charge in [0.05, 0.1) is 13.1 Å². The zero-order valence-electron chi connectivity index (χ0n) is 11.4. The lowest BCUT2D eigenvalue weighted by Crippen LogP contribution is -2.35. The summed E-state index contributed by atoms with van der Waals surface area (Å²) >= 11 is 0. The first-order valence-corrected chi connectivity index (χ1v) is 6.30. The van der Waals surface area contributed by atoms with E-state index >= 15 is 0 Å². The molecule has 4 heteroatoms. The summed E-state index contributed by atoms with van der Waals surface area (Å²) < 4.78 is 0. The largest absolute Gasteiger partial charge is 0.370 e. The summed E-state index contributed by atoms with van der Waals surface area (Å²) in [7, 11) is 0. The lowest BCUT2D eigenvalue weighted by atomic mass is 10.1. The number of anilines is 1. The van der Waals surface area contributed by atoms with E-state index in [1.807, 2.05) is 0 Å². The number of nitrogens with zero attached hydrogens (tertiary/aromatic N) is 2. The van der Waals surface area contributed by atoms with Crippen LogP contribution in [0.15, 0.2) is 23.2 Å². The maximum atomic E-state index is 4.46. The Bertz CT molecular complexity index is 429. The van der Waals surface area contributed by atoms with Gasteiger partial charge >= 0.3 is 0 Å². The minimum atomic E-state index is 0. The zero-order valence-corrected chi connectivity index (χ0v) is 12.2. The molecule has 0 aliphatic carbocycles. The summed E-state index contributed by atoms with van der Waals surface area (Å²) in [5.41, 5.74) is 4.04. The molecule has 0 amide bonds. The Morgan fingerprint density at radius 3 is 2.72 bits per heavy atom. The van der Waals surface area contributed by atoms with Gasteiger partial charge in [-0.05, 0) is 38.0 Å². The quantitative estimate of drug-likeness (QED) is 0.908. The molecule has 100 valence electrons. The molecule has 0 fully saturated rings. The van der Waals surface area contributed by atoms with Crippen molar-refractivity contribution >= 4 is 23.9 Å². The Kier molecular flexibility index (Phi) is 5.48. The summed E-state index contributed by atoms with van der Waals surface area (Å²) in [6.07, 6.45) is 0. The van der Waals surface area contributed by atoms with Crippen LogP contribution in [0.5, 0.6) is 0 Å². The van der Waals surface area contributed by atoms with E-state index in [1.165, 1.54) is 16.8 Å². The molecule has 0 bridgehead atoms. The molecule has 0 aromatic heterocycles. The topological polar surface area (TPSA) is 27.6 Å². The standard InChI is InChI=1S/C14H21N3.ClH/c1-4-17(10-14-15-8-9-16-14)13-7-5-6-11(2)12(13)3;/h5-7H,4,8-10H2,1-3H3,(H,15,16);1H. The monoisotopic (exact) mass is 267 g/mol. The smallest absolute Gasteiger partial charge is 0.116 e. The Labute approximate surface area is 116 Å². The summed E-state index contributed by atoms with van der Waals surface area (Å²) in [4.78, 5) is 6.84. The molecule has 0 saturated carbocycles. The summed E-state index contributed by atoms with van der Waals surface area (Å²) in [5.74, 6) is 1.12. The van der Waals surface area contributed by atoms with Gasteiger partial charge in [-0.15, -0.1) is 12.4 Å². The molecule has 1 heterocycles. The average Bonchev–Trinajstić information content (AvgIpc) is 2.83. The van der Waals surface area contributed by atoms with E-state index in [9.17, 15) is 0 Å². The number of nitrogens with one attached hydrogen (secondary N) is 1. The molecule has 0 unspecified atom stereocenters. The molecule has 1 aliphatic rings. The van der Waals surface area contributed by atoms with Gasteiger partial charge in [0, 0.05) is 18.8 Å². The third kappa shape index (κ3) is 3.16. The number of amidine groups is 1. The molecule has 2 rings (SSSR count). The Hall–Kier alpha value is -1.22. The first kappa shape index (κ1) is 14.8. The van der Waals surface area contributed by atoms with Crippen LogP contribution in [0, 0.1) is 13.8 Å². The highest BCUT2D eigenvalue weighted by Crippen LogP contribution is 2.22. The zero-order chi connectivity index (χ0) is 12.3. The van der Waals surface area contributed by atoms with Gasteiger partial charge in [0.2, 0.25) is 0 Å². The molecular formula is C14H22ClN3. The molecule has 1 aromatic rings. The Morgan fingerprint density at radius 2 is 2.11 bits per heavy atom. The molecule has 0 atom stereocenters. The third-order valence-corrected chi connectivity index (χ3v) is 3.38. The van der Waals surface area contributed by atoms with Crippen molar-refractivity contribution in [2.75, 3.05) is 31.1 Å². The highest BCUT2D eigenvalue weighted by Gasteiger charge is 2.13. The lowest BCUT2D eigenvalue weighted by molar-refractivity contribution is 0.892. The normalized spacial score (nSPS) is 13.6. The minimum absolute atomic E-state index is 0. The second kappa shape index (κ2) is 6.64. The number of aryl methyl sites for hydroxylation is 1.